The van der Waals surface area contributed by atoms with E-state index in [1.54, 1.807) is 19.1 Å². The van der Waals surface area contributed by atoms with Crippen molar-refractivity contribution in [2.45, 2.75) is 34.2 Å². The number of rotatable bonds is 5. The minimum absolute atomic E-state index is 0.000157. The van der Waals surface area contributed by atoms with E-state index in [1.807, 2.05) is 38.3 Å². The number of ketones is 1. The fraction of sp³-hybridized carbons (Fsp3) is 0.353. The van der Waals surface area contributed by atoms with Crippen LogP contribution in [-0.4, -0.2) is 16.7 Å². The SMILES string of the molecule is CC(=O)c1ccc(Nc2nc(CNC(=O)C(C)(C)C)cs2)cc1. The number of Topliss-reactive ketones (excluding diaryl/α,β-unsaturated/α-hetero) is 1. The number of carbonyl (C=O) groups excluding carboxylic acids is 2. The predicted octanol–water partition coefficient (Wildman–Crippen LogP) is 3.75. The van der Waals surface area contributed by atoms with Gasteiger partial charge in [0.15, 0.2) is 10.9 Å². The summed E-state index contributed by atoms with van der Waals surface area (Å²) in [5.74, 6) is 0.0440. The molecule has 0 saturated heterocycles. The Bertz CT molecular complexity index is 699. The van der Waals surface area contributed by atoms with E-state index >= 15 is 0 Å². The second-order valence-corrected chi connectivity index (χ2v) is 7.19. The highest BCUT2D eigenvalue weighted by Gasteiger charge is 2.20. The molecule has 2 rings (SSSR count). The summed E-state index contributed by atoms with van der Waals surface area (Å²) in [7, 11) is 0. The van der Waals surface area contributed by atoms with E-state index in [4.69, 9.17) is 0 Å². The van der Waals surface area contributed by atoms with Crippen molar-refractivity contribution in [2.75, 3.05) is 5.32 Å². The van der Waals surface area contributed by atoms with E-state index in [-0.39, 0.29) is 11.7 Å². The second kappa shape index (κ2) is 6.91. The Morgan fingerprint density at radius 1 is 1.17 bits per heavy atom. The molecule has 122 valence electrons. The van der Waals surface area contributed by atoms with Gasteiger partial charge in [-0.25, -0.2) is 4.98 Å². The van der Waals surface area contributed by atoms with Gasteiger partial charge in [-0.2, -0.15) is 0 Å². The largest absolute Gasteiger partial charge is 0.350 e. The zero-order valence-electron chi connectivity index (χ0n) is 13.8. The molecule has 0 aliphatic heterocycles. The lowest BCUT2D eigenvalue weighted by molar-refractivity contribution is -0.128. The summed E-state index contributed by atoms with van der Waals surface area (Å²) in [6.45, 7) is 7.59. The van der Waals surface area contributed by atoms with Crippen molar-refractivity contribution in [1.29, 1.82) is 0 Å². The number of hydrogen-bond acceptors (Lipinski definition) is 5. The van der Waals surface area contributed by atoms with Gasteiger partial charge in [-0.05, 0) is 31.2 Å². The molecule has 6 heteroatoms. The van der Waals surface area contributed by atoms with E-state index in [1.165, 1.54) is 11.3 Å². The van der Waals surface area contributed by atoms with Gasteiger partial charge in [-0.15, -0.1) is 11.3 Å². The van der Waals surface area contributed by atoms with Crippen molar-refractivity contribution < 1.29 is 9.59 Å². The molecular formula is C17H21N3O2S. The summed E-state index contributed by atoms with van der Waals surface area (Å²) in [6, 6.07) is 7.25. The summed E-state index contributed by atoms with van der Waals surface area (Å²) < 4.78 is 0. The highest BCUT2D eigenvalue weighted by Crippen LogP contribution is 2.21. The maximum absolute atomic E-state index is 11.8. The highest BCUT2D eigenvalue weighted by molar-refractivity contribution is 7.13. The minimum atomic E-state index is -0.407. The molecule has 0 saturated carbocycles. The van der Waals surface area contributed by atoms with Crippen LogP contribution < -0.4 is 10.6 Å². The van der Waals surface area contributed by atoms with Gasteiger partial charge in [0, 0.05) is 22.0 Å². The van der Waals surface area contributed by atoms with Gasteiger partial charge in [0.2, 0.25) is 5.91 Å². The Labute approximate surface area is 140 Å². The van der Waals surface area contributed by atoms with Crippen LogP contribution in [0.15, 0.2) is 29.6 Å². The first-order valence-electron chi connectivity index (χ1n) is 7.36. The first kappa shape index (κ1) is 17.1. The van der Waals surface area contributed by atoms with Crippen LogP contribution >= 0.6 is 11.3 Å². The van der Waals surface area contributed by atoms with Crippen LogP contribution in [0.2, 0.25) is 0 Å². The molecule has 0 atom stereocenters. The van der Waals surface area contributed by atoms with Crippen molar-refractivity contribution >= 4 is 33.8 Å². The first-order valence-corrected chi connectivity index (χ1v) is 8.24. The van der Waals surface area contributed by atoms with Crippen molar-refractivity contribution in [1.82, 2.24) is 10.3 Å². The summed E-state index contributed by atoms with van der Waals surface area (Å²) in [6.07, 6.45) is 0. The van der Waals surface area contributed by atoms with Crippen molar-refractivity contribution in [2.24, 2.45) is 5.41 Å². The molecule has 1 heterocycles. The lowest BCUT2D eigenvalue weighted by Gasteiger charge is -2.16. The van der Waals surface area contributed by atoms with Crippen LogP contribution in [0.1, 0.15) is 43.7 Å². The quantitative estimate of drug-likeness (QED) is 0.819. The number of thiazole rings is 1. The van der Waals surface area contributed by atoms with Gasteiger partial charge in [-0.3, -0.25) is 9.59 Å². The Balaban J connectivity index is 1.94. The zero-order valence-corrected chi connectivity index (χ0v) is 14.6. The molecule has 23 heavy (non-hydrogen) atoms. The second-order valence-electron chi connectivity index (χ2n) is 6.34. The number of benzene rings is 1. The minimum Gasteiger partial charge on any atom is -0.350 e. The number of hydrogen-bond donors (Lipinski definition) is 2. The molecule has 2 aromatic rings. The van der Waals surface area contributed by atoms with Crippen LogP contribution in [0.5, 0.6) is 0 Å². The summed E-state index contributed by atoms with van der Waals surface area (Å²) in [4.78, 5) is 27.5. The average Bonchev–Trinajstić information content (AvgIpc) is 2.91. The predicted molar refractivity (Wildman–Crippen MR) is 93.1 cm³/mol. The van der Waals surface area contributed by atoms with Gasteiger partial charge in [0.25, 0.3) is 0 Å². The third kappa shape index (κ3) is 4.89. The van der Waals surface area contributed by atoms with Gasteiger partial charge in [0.1, 0.15) is 0 Å². The molecule has 0 unspecified atom stereocenters. The topological polar surface area (TPSA) is 71.1 Å². The monoisotopic (exact) mass is 331 g/mol. The molecule has 0 bridgehead atoms. The smallest absolute Gasteiger partial charge is 0.225 e. The van der Waals surface area contributed by atoms with E-state index in [0.29, 0.717) is 12.1 Å². The van der Waals surface area contributed by atoms with Crippen molar-refractivity contribution in [3.05, 3.63) is 40.9 Å². The van der Waals surface area contributed by atoms with E-state index in [0.717, 1.165) is 16.5 Å². The van der Waals surface area contributed by atoms with Crippen molar-refractivity contribution in [3.8, 4) is 0 Å². The molecule has 1 amide bonds. The van der Waals surface area contributed by atoms with Crippen LogP contribution in [0.4, 0.5) is 10.8 Å². The molecule has 1 aromatic carbocycles. The van der Waals surface area contributed by atoms with Gasteiger partial charge < -0.3 is 10.6 Å². The molecular weight excluding hydrogens is 310 g/mol. The van der Waals surface area contributed by atoms with Gasteiger partial charge >= 0.3 is 0 Å². The molecule has 2 N–H and O–H groups in total. The Hall–Kier alpha value is -2.21. The number of nitrogens with one attached hydrogen (secondary N) is 2. The zero-order chi connectivity index (χ0) is 17.0. The van der Waals surface area contributed by atoms with Gasteiger partial charge in [-0.1, -0.05) is 20.8 Å². The lowest BCUT2D eigenvalue weighted by atomic mass is 9.96. The van der Waals surface area contributed by atoms with Crippen LogP contribution in [-0.2, 0) is 11.3 Å². The van der Waals surface area contributed by atoms with Crippen LogP contribution in [0.3, 0.4) is 0 Å². The number of aromatic nitrogens is 1. The maximum Gasteiger partial charge on any atom is 0.225 e. The standard InChI is InChI=1S/C17H21N3O2S/c1-11(21)12-5-7-13(8-6-12)19-16-20-14(10-23-16)9-18-15(22)17(2,3)4/h5-8,10H,9H2,1-4H3,(H,18,22)(H,19,20). The maximum atomic E-state index is 11.8. The number of nitrogens with zero attached hydrogens (tertiary/aromatic N) is 1. The Kier molecular flexibility index (Phi) is 5.15. The normalized spacial score (nSPS) is 11.1. The number of anilines is 2. The number of carbonyl (C=O) groups is 2. The fourth-order valence-electron chi connectivity index (χ4n) is 1.79. The molecule has 0 spiro atoms. The van der Waals surface area contributed by atoms with Crippen LogP contribution in [0.25, 0.3) is 0 Å². The molecule has 0 fully saturated rings. The lowest BCUT2D eigenvalue weighted by Crippen LogP contribution is -2.34. The first-order chi connectivity index (χ1) is 10.8. The van der Waals surface area contributed by atoms with E-state index < -0.39 is 5.41 Å². The molecule has 1 aromatic heterocycles. The Morgan fingerprint density at radius 3 is 2.39 bits per heavy atom. The highest BCUT2D eigenvalue weighted by atomic mass is 32.1. The average molecular weight is 331 g/mol. The summed E-state index contributed by atoms with van der Waals surface area (Å²) in [5.41, 5.74) is 1.96. The Morgan fingerprint density at radius 2 is 1.83 bits per heavy atom. The molecule has 5 nitrogen and oxygen atoms in total. The summed E-state index contributed by atoms with van der Waals surface area (Å²) in [5, 5.41) is 8.73. The third-order valence-corrected chi connectivity index (χ3v) is 4.01. The fourth-order valence-corrected chi connectivity index (χ4v) is 2.52. The third-order valence-electron chi connectivity index (χ3n) is 3.21. The molecule has 0 radical (unpaired) electrons. The number of amides is 1. The van der Waals surface area contributed by atoms with Gasteiger partial charge in [0.05, 0.1) is 12.2 Å². The van der Waals surface area contributed by atoms with E-state index in [9.17, 15) is 9.59 Å². The summed E-state index contributed by atoms with van der Waals surface area (Å²) >= 11 is 1.47. The van der Waals surface area contributed by atoms with Crippen molar-refractivity contribution in [3.63, 3.8) is 0 Å². The van der Waals surface area contributed by atoms with Crippen LogP contribution in [0, 0.1) is 5.41 Å². The molecule has 0 aliphatic carbocycles. The molecule has 0 aliphatic rings. The van der Waals surface area contributed by atoms with E-state index in [2.05, 4.69) is 15.6 Å².